The molecule has 1 aliphatic carbocycles. The first-order valence-electron chi connectivity index (χ1n) is 13.2. The van der Waals surface area contributed by atoms with Crippen molar-refractivity contribution in [1.29, 1.82) is 0 Å². The summed E-state index contributed by atoms with van der Waals surface area (Å²) in [6.45, 7) is 9.33. The van der Waals surface area contributed by atoms with Gasteiger partial charge in [0.2, 0.25) is 0 Å². The Morgan fingerprint density at radius 3 is 1.76 bits per heavy atom. The largest absolute Gasteiger partial charge is 0.373 e. The molecule has 2 aromatic rings. The molecule has 2 aliphatic rings. The first-order chi connectivity index (χ1) is 15.9. The third-order valence-corrected chi connectivity index (χ3v) is 8.76. The third-order valence-electron chi connectivity index (χ3n) is 8.76. The highest BCUT2D eigenvalue weighted by molar-refractivity contribution is 5.50. The molecule has 33 heavy (non-hydrogen) atoms. The summed E-state index contributed by atoms with van der Waals surface area (Å²) >= 11 is 0. The average Bonchev–Trinajstić information content (AvgIpc) is 3.30. The highest BCUT2D eigenvalue weighted by atomic mass is 15.2. The van der Waals surface area contributed by atoms with Gasteiger partial charge >= 0.3 is 0 Å². The molecule has 2 aromatic carbocycles. The van der Waals surface area contributed by atoms with Gasteiger partial charge in [-0.3, -0.25) is 0 Å². The fraction of sp³-hybridized carbons (Fsp3) is 0.600. The number of hydrogen-bond acceptors (Lipinski definition) is 3. The van der Waals surface area contributed by atoms with Crippen LogP contribution < -0.4 is 9.80 Å². The van der Waals surface area contributed by atoms with Crippen molar-refractivity contribution >= 4 is 11.4 Å². The molecule has 0 unspecified atom stereocenters. The van der Waals surface area contributed by atoms with Crippen LogP contribution in [-0.2, 0) is 0 Å². The van der Waals surface area contributed by atoms with Gasteiger partial charge in [0.1, 0.15) is 0 Å². The first kappa shape index (κ1) is 24.1. The van der Waals surface area contributed by atoms with E-state index in [-0.39, 0.29) is 0 Å². The monoisotopic (exact) mass is 447 g/mol. The van der Waals surface area contributed by atoms with Crippen LogP contribution in [0.25, 0.3) is 0 Å². The van der Waals surface area contributed by atoms with Gasteiger partial charge in [-0.25, -0.2) is 0 Å². The van der Waals surface area contributed by atoms with E-state index < -0.39 is 0 Å². The lowest BCUT2D eigenvalue weighted by atomic mass is 9.77. The van der Waals surface area contributed by atoms with Gasteiger partial charge in [-0.05, 0) is 92.4 Å². The van der Waals surface area contributed by atoms with Gasteiger partial charge in [-0.15, -0.1) is 0 Å². The third kappa shape index (κ3) is 5.74. The van der Waals surface area contributed by atoms with Crippen LogP contribution in [0.3, 0.4) is 0 Å². The summed E-state index contributed by atoms with van der Waals surface area (Å²) in [5.41, 5.74) is 6.27. The molecule has 1 heterocycles. The number of rotatable bonds is 8. The number of piperidine rings is 1. The summed E-state index contributed by atoms with van der Waals surface area (Å²) in [4.78, 5) is 7.19. The number of likely N-dealkylation sites (N-methyl/N-ethyl adjacent to an activating group) is 2. The lowest BCUT2D eigenvalue weighted by Gasteiger charge is -2.40. The molecule has 1 aliphatic heterocycles. The molecule has 0 bridgehead atoms. The molecule has 1 spiro atoms. The average molecular weight is 448 g/mol. The van der Waals surface area contributed by atoms with E-state index in [0.717, 1.165) is 13.1 Å². The molecule has 3 nitrogen and oxygen atoms in total. The Bertz CT molecular complexity index is 854. The second kappa shape index (κ2) is 10.5. The van der Waals surface area contributed by atoms with Crippen LogP contribution in [0.4, 0.5) is 11.4 Å². The van der Waals surface area contributed by atoms with Crippen molar-refractivity contribution in [3.63, 3.8) is 0 Å². The highest BCUT2D eigenvalue weighted by Crippen LogP contribution is 2.46. The molecule has 3 heteroatoms. The van der Waals surface area contributed by atoms with Crippen molar-refractivity contribution < 1.29 is 0 Å². The summed E-state index contributed by atoms with van der Waals surface area (Å²) < 4.78 is 0. The normalized spacial score (nSPS) is 19.8. The van der Waals surface area contributed by atoms with Crippen LogP contribution in [-0.4, -0.2) is 52.2 Å². The van der Waals surface area contributed by atoms with Gasteiger partial charge in [0.25, 0.3) is 0 Å². The van der Waals surface area contributed by atoms with Crippen molar-refractivity contribution in [2.75, 3.05) is 57.1 Å². The lowest BCUT2D eigenvalue weighted by molar-refractivity contribution is 0.226. The van der Waals surface area contributed by atoms with E-state index in [4.69, 9.17) is 0 Å². The van der Waals surface area contributed by atoms with E-state index in [0.29, 0.717) is 17.3 Å². The number of anilines is 2. The van der Waals surface area contributed by atoms with E-state index in [1.165, 1.54) is 74.1 Å². The van der Waals surface area contributed by atoms with Crippen LogP contribution in [0.1, 0.15) is 75.3 Å². The van der Waals surface area contributed by atoms with E-state index in [9.17, 15) is 0 Å². The Balaban J connectivity index is 1.34. The fourth-order valence-corrected chi connectivity index (χ4v) is 5.94. The zero-order valence-corrected chi connectivity index (χ0v) is 21.7. The molecule has 1 saturated heterocycles. The summed E-state index contributed by atoms with van der Waals surface area (Å²) in [6.07, 6.45) is 8.65. The fourth-order valence-electron chi connectivity index (χ4n) is 5.94. The Morgan fingerprint density at radius 1 is 0.727 bits per heavy atom. The lowest BCUT2D eigenvalue weighted by Crippen LogP contribution is -2.38. The summed E-state index contributed by atoms with van der Waals surface area (Å²) in [7, 11) is 6.44. The van der Waals surface area contributed by atoms with Gasteiger partial charge in [0.15, 0.2) is 0 Å². The van der Waals surface area contributed by atoms with E-state index in [2.05, 4.69) is 98.2 Å². The quantitative estimate of drug-likeness (QED) is 0.443. The van der Waals surface area contributed by atoms with Gasteiger partial charge in [0, 0.05) is 44.6 Å². The first-order valence-corrected chi connectivity index (χ1v) is 13.2. The van der Waals surface area contributed by atoms with Crippen molar-refractivity contribution in [3.8, 4) is 0 Å². The van der Waals surface area contributed by atoms with Gasteiger partial charge in [0.05, 0.1) is 0 Å². The molecule has 2 fully saturated rings. The summed E-state index contributed by atoms with van der Waals surface area (Å²) in [5, 5.41) is 0. The smallest absolute Gasteiger partial charge is 0.0366 e. The Hall–Kier alpha value is -2.00. The predicted molar refractivity (Wildman–Crippen MR) is 144 cm³/mol. The van der Waals surface area contributed by atoms with Crippen LogP contribution >= 0.6 is 0 Å². The van der Waals surface area contributed by atoms with Crippen LogP contribution in [0.15, 0.2) is 48.5 Å². The topological polar surface area (TPSA) is 9.72 Å². The molecule has 0 aromatic heterocycles. The molecule has 1 saturated carbocycles. The SMILES string of the molecule is C[C@H](c1ccc(N(C)CCN(C)C)cc1)[C@@H](C)c1ccc(N2CCC3(CCCC3)CC2)cc1. The maximum atomic E-state index is 2.62. The van der Waals surface area contributed by atoms with Crippen molar-refractivity contribution in [1.82, 2.24) is 4.90 Å². The van der Waals surface area contributed by atoms with Crippen molar-refractivity contribution in [2.45, 2.75) is 64.2 Å². The Kier molecular flexibility index (Phi) is 7.69. The number of hydrogen-bond donors (Lipinski definition) is 0. The van der Waals surface area contributed by atoms with E-state index >= 15 is 0 Å². The second-order valence-electron chi connectivity index (χ2n) is 11.2. The molecular weight excluding hydrogens is 402 g/mol. The Morgan fingerprint density at radius 2 is 1.24 bits per heavy atom. The Labute approximate surface area is 202 Å². The van der Waals surface area contributed by atoms with E-state index in [1.807, 2.05) is 0 Å². The molecule has 2 atom stereocenters. The molecule has 0 amide bonds. The van der Waals surface area contributed by atoms with Crippen molar-refractivity contribution in [3.05, 3.63) is 59.7 Å². The maximum Gasteiger partial charge on any atom is 0.0366 e. The summed E-state index contributed by atoms with van der Waals surface area (Å²) in [5.74, 6) is 0.994. The molecule has 0 radical (unpaired) electrons. The van der Waals surface area contributed by atoms with Crippen molar-refractivity contribution in [2.24, 2.45) is 5.41 Å². The number of benzene rings is 2. The zero-order chi connectivity index (χ0) is 23.4. The minimum atomic E-state index is 0.495. The second-order valence-corrected chi connectivity index (χ2v) is 11.2. The van der Waals surface area contributed by atoms with Crippen LogP contribution in [0, 0.1) is 5.41 Å². The van der Waals surface area contributed by atoms with E-state index in [1.54, 1.807) is 0 Å². The zero-order valence-electron chi connectivity index (χ0n) is 21.7. The maximum absolute atomic E-state index is 2.62. The van der Waals surface area contributed by atoms with Crippen LogP contribution in [0.5, 0.6) is 0 Å². The molecule has 0 N–H and O–H groups in total. The minimum absolute atomic E-state index is 0.495. The van der Waals surface area contributed by atoms with Gasteiger partial charge < -0.3 is 14.7 Å². The molecular formula is C30H45N3. The minimum Gasteiger partial charge on any atom is -0.373 e. The molecule has 180 valence electrons. The number of nitrogens with zero attached hydrogens (tertiary/aromatic N) is 3. The summed E-state index contributed by atoms with van der Waals surface area (Å²) in [6, 6.07) is 18.7. The molecule has 4 rings (SSSR count). The highest BCUT2D eigenvalue weighted by Gasteiger charge is 2.36. The van der Waals surface area contributed by atoms with Crippen LogP contribution in [0.2, 0.25) is 0 Å². The predicted octanol–water partition coefficient (Wildman–Crippen LogP) is 6.75. The standard InChI is InChI=1S/C30H45N3/c1-24(26-8-12-28(13-9-26)32(5)23-22-31(3)4)25(2)27-10-14-29(15-11-27)33-20-18-30(19-21-33)16-6-7-17-30/h8-15,24-25H,6-7,16-23H2,1-5H3/t24-,25+/m0/s1. The van der Waals surface area contributed by atoms with Gasteiger partial charge in [-0.1, -0.05) is 51.0 Å². The van der Waals surface area contributed by atoms with Gasteiger partial charge in [-0.2, -0.15) is 0 Å².